The highest BCUT2D eigenvalue weighted by atomic mass is 32.1. The number of methoxy groups -OCH3 is 2. The molecule has 1 saturated heterocycles. The van der Waals surface area contributed by atoms with Crippen molar-refractivity contribution in [3.05, 3.63) is 54.1 Å². The monoisotopic (exact) mass is 424 g/mol. The summed E-state index contributed by atoms with van der Waals surface area (Å²) >= 11 is 1.57. The lowest BCUT2D eigenvalue weighted by Gasteiger charge is -2.30. The standard InChI is InChI=1S/C23H24N2O4S/c1-27-19-9-7-16(15-20(19)28-2)8-10-22(26)25-13-11-17(12-14-25)29-23-24-18-5-3-4-6-21(18)30-23/h3-10,15,17H,11-14H2,1-2H3/b10-8+. The molecule has 2 heterocycles. The Kier molecular flexibility index (Phi) is 6.18. The van der Waals surface area contributed by atoms with E-state index in [1.54, 1.807) is 37.7 Å². The van der Waals surface area contributed by atoms with Gasteiger partial charge in [-0.15, -0.1) is 0 Å². The van der Waals surface area contributed by atoms with E-state index in [1.165, 1.54) is 0 Å². The number of thiazole rings is 1. The van der Waals surface area contributed by atoms with E-state index in [0.29, 0.717) is 29.8 Å². The zero-order valence-electron chi connectivity index (χ0n) is 17.0. The van der Waals surface area contributed by atoms with Crippen molar-refractivity contribution in [1.29, 1.82) is 0 Å². The Balaban J connectivity index is 1.31. The molecule has 0 radical (unpaired) electrons. The van der Waals surface area contributed by atoms with Gasteiger partial charge in [-0.05, 0) is 35.9 Å². The van der Waals surface area contributed by atoms with Crippen molar-refractivity contribution < 1.29 is 19.0 Å². The lowest BCUT2D eigenvalue weighted by Crippen LogP contribution is -2.41. The van der Waals surface area contributed by atoms with Crippen molar-refractivity contribution >= 4 is 33.5 Å². The highest BCUT2D eigenvalue weighted by molar-refractivity contribution is 7.20. The Labute approximate surface area is 179 Å². The molecule has 4 rings (SSSR count). The van der Waals surface area contributed by atoms with Crippen LogP contribution in [0.15, 0.2) is 48.5 Å². The maximum atomic E-state index is 12.6. The first-order chi connectivity index (χ1) is 14.7. The predicted octanol–water partition coefficient (Wildman–Crippen LogP) is 4.40. The van der Waals surface area contributed by atoms with Gasteiger partial charge < -0.3 is 19.1 Å². The molecule has 1 aliphatic rings. The molecular weight excluding hydrogens is 400 g/mol. The fourth-order valence-corrected chi connectivity index (χ4v) is 4.35. The molecule has 0 bridgehead atoms. The number of nitrogens with zero attached hydrogens (tertiary/aromatic N) is 2. The van der Waals surface area contributed by atoms with Crippen LogP contribution in [0.2, 0.25) is 0 Å². The van der Waals surface area contributed by atoms with E-state index >= 15 is 0 Å². The number of aromatic nitrogens is 1. The molecule has 0 N–H and O–H groups in total. The normalized spacial score (nSPS) is 14.9. The number of ether oxygens (including phenoxy) is 3. The molecule has 0 atom stereocenters. The Morgan fingerprint density at radius 2 is 1.87 bits per heavy atom. The van der Waals surface area contributed by atoms with Gasteiger partial charge in [0.1, 0.15) is 6.10 Å². The van der Waals surface area contributed by atoms with E-state index in [1.807, 2.05) is 47.4 Å². The first kappa shape index (κ1) is 20.2. The number of piperidine rings is 1. The van der Waals surface area contributed by atoms with Gasteiger partial charge in [-0.1, -0.05) is 29.5 Å². The number of rotatable bonds is 6. The average molecular weight is 425 g/mol. The third-order valence-electron chi connectivity index (χ3n) is 5.12. The van der Waals surface area contributed by atoms with E-state index in [2.05, 4.69) is 4.98 Å². The van der Waals surface area contributed by atoms with Gasteiger partial charge in [0.15, 0.2) is 11.5 Å². The summed E-state index contributed by atoms with van der Waals surface area (Å²) in [7, 11) is 3.19. The molecule has 3 aromatic rings. The summed E-state index contributed by atoms with van der Waals surface area (Å²) in [6.45, 7) is 1.34. The minimum atomic E-state index is 0.00298. The predicted molar refractivity (Wildman–Crippen MR) is 118 cm³/mol. The molecule has 1 aliphatic heterocycles. The van der Waals surface area contributed by atoms with Crippen molar-refractivity contribution in [3.8, 4) is 16.7 Å². The van der Waals surface area contributed by atoms with Crippen LogP contribution in [0.3, 0.4) is 0 Å². The zero-order valence-corrected chi connectivity index (χ0v) is 17.9. The summed E-state index contributed by atoms with van der Waals surface area (Å²) in [5.41, 5.74) is 1.85. The van der Waals surface area contributed by atoms with Crippen molar-refractivity contribution in [2.24, 2.45) is 0 Å². The van der Waals surface area contributed by atoms with Gasteiger partial charge in [-0.2, -0.15) is 0 Å². The fourth-order valence-electron chi connectivity index (χ4n) is 3.47. The largest absolute Gasteiger partial charge is 0.493 e. The summed E-state index contributed by atoms with van der Waals surface area (Å²) in [5, 5.41) is 0.703. The van der Waals surface area contributed by atoms with Gasteiger partial charge in [0.25, 0.3) is 5.19 Å². The number of hydrogen-bond acceptors (Lipinski definition) is 6. The molecule has 156 valence electrons. The number of carbonyl (C=O) groups excluding carboxylic acids is 1. The summed E-state index contributed by atoms with van der Waals surface area (Å²) in [5.74, 6) is 1.30. The summed E-state index contributed by atoms with van der Waals surface area (Å²) in [4.78, 5) is 19.0. The molecule has 2 aromatic carbocycles. The SMILES string of the molecule is COc1ccc(/C=C/C(=O)N2CCC(Oc3nc4ccccc4s3)CC2)cc1OC. The van der Waals surface area contributed by atoms with Crippen molar-refractivity contribution in [2.45, 2.75) is 18.9 Å². The molecule has 0 unspecified atom stereocenters. The number of amides is 1. The minimum absolute atomic E-state index is 0.00298. The molecule has 30 heavy (non-hydrogen) atoms. The number of benzene rings is 2. The van der Waals surface area contributed by atoms with Gasteiger partial charge in [0.2, 0.25) is 5.91 Å². The van der Waals surface area contributed by atoms with E-state index in [4.69, 9.17) is 14.2 Å². The quantitative estimate of drug-likeness (QED) is 0.549. The maximum Gasteiger partial charge on any atom is 0.274 e. The maximum absolute atomic E-state index is 12.6. The third-order valence-corrected chi connectivity index (χ3v) is 6.05. The van der Waals surface area contributed by atoms with Crippen LogP contribution in [0.25, 0.3) is 16.3 Å². The molecule has 1 amide bonds. The number of carbonyl (C=O) groups is 1. The molecule has 7 heteroatoms. The highest BCUT2D eigenvalue weighted by Crippen LogP contribution is 2.30. The summed E-state index contributed by atoms with van der Waals surface area (Å²) in [6.07, 6.45) is 5.09. The molecule has 0 saturated carbocycles. The van der Waals surface area contributed by atoms with Gasteiger partial charge in [0, 0.05) is 32.0 Å². The van der Waals surface area contributed by atoms with Crippen LogP contribution >= 0.6 is 11.3 Å². The fraction of sp³-hybridized carbons (Fsp3) is 0.304. The smallest absolute Gasteiger partial charge is 0.274 e. The number of likely N-dealkylation sites (tertiary alicyclic amines) is 1. The highest BCUT2D eigenvalue weighted by Gasteiger charge is 2.23. The van der Waals surface area contributed by atoms with Crippen molar-refractivity contribution in [1.82, 2.24) is 9.88 Å². The Bertz CT molecular complexity index is 1020. The van der Waals surface area contributed by atoms with E-state index in [0.717, 1.165) is 28.6 Å². The molecule has 0 spiro atoms. The number of fused-ring (bicyclic) bond motifs is 1. The van der Waals surface area contributed by atoms with E-state index in [9.17, 15) is 4.79 Å². The van der Waals surface area contributed by atoms with Crippen LogP contribution in [0.5, 0.6) is 16.7 Å². The second-order valence-electron chi connectivity index (χ2n) is 7.04. The first-order valence-electron chi connectivity index (χ1n) is 9.87. The van der Waals surface area contributed by atoms with Crippen LogP contribution in [-0.2, 0) is 4.79 Å². The number of hydrogen-bond donors (Lipinski definition) is 0. The molecule has 1 aromatic heterocycles. The van der Waals surface area contributed by atoms with Crippen LogP contribution < -0.4 is 14.2 Å². The number of para-hydroxylation sites is 1. The van der Waals surface area contributed by atoms with Crippen molar-refractivity contribution in [3.63, 3.8) is 0 Å². The van der Waals surface area contributed by atoms with E-state index in [-0.39, 0.29) is 12.0 Å². The third kappa shape index (κ3) is 4.57. The summed E-state index contributed by atoms with van der Waals surface area (Å²) < 4.78 is 17.7. The average Bonchev–Trinajstić information content (AvgIpc) is 3.20. The molecule has 6 nitrogen and oxygen atoms in total. The first-order valence-corrected chi connectivity index (χ1v) is 10.7. The van der Waals surface area contributed by atoms with E-state index < -0.39 is 0 Å². The lowest BCUT2D eigenvalue weighted by molar-refractivity contribution is -0.127. The van der Waals surface area contributed by atoms with Crippen LogP contribution in [0, 0.1) is 0 Å². The van der Waals surface area contributed by atoms with Crippen LogP contribution in [0.4, 0.5) is 0 Å². The van der Waals surface area contributed by atoms with Crippen molar-refractivity contribution in [2.75, 3.05) is 27.3 Å². The van der Waals surface area contributed by atoms with Gasteiger partial charge in [0.05, 0.1) is 24.4 Å². The molecular formula is C23H24N2O4S. The lowest BCUT2D eigenvalue weighted by atomic mass is 10.1. The second-order valence-corrected chi connectivity index (χ2v) is 8.03. The molecule has 0 aliphatic carbocycles. The topological polar surface area (TPSA) is 60.9 Å². The Morgan fingerprint density at radius 3 is 2.60 bits per heavy atom. The van der Waals surface area contributed by atoms with Gasteiger partial charge in [-0.3, -0.25) is 4.79 Å². The second kappa shape index (κ2) is 9.17. The van der Waals surface area contributed by atoms with Crippen LogP contribution in [-0.4, -0.2) is 49.2 Å². The van der Waals surface area contributed by atoms with Crippen LogP contribution in [0.1, 0.15) is 18.4 Å². The zero-order chi connectivity index (χ0) is 20.9. The van der Waals surface area contributed by atoms with Gasteiger partial charge in [-0.25, -0.2) is 4.98 Å². The minimum Gasteiger partial charge on any atom is -0.493 e. The Morgan fingerprint density at radius 1 is 1.10 bits per heavy atom. The summed E-state index contributed by atoms with van der Waals surface area (Å²) in [6, 6.07) is 13.6. The molecule has 1 fully saturated rings. The van der Waals surface area contributed by atoms with Gasteiger partial charge >= 0.3 is 0 Å². The Hall–Kier alpha value is -3.06.